The Hall–Kier alpha value is -0.00506. The smallest absolute Gasteiger partial charge is 0.418 e. The van der Waals surface area contributed by atoms with E-state index >= 15 is 0 Å². The first-order valence-electron chi connectivity index (χ1n) is 3.75. The normalized spacial score (nSPS) is 29.8. The summed E-state index contributed by atoms with van der Waals surface area (Å²) in [5, 5.41) is 0. The van der Waals surface area contributed by atoms with Crippen molar-refractivity contribution in [2.75, 3.05) is 27.2 Å². The van der Waals surface area contributed by atoms with Crippen LogP contribution in [-0.2, 0) is 0 Å². The van der Waals surface area contributed by atoms with Crippen LogP contribution in [0, 0.1) is 0 Å². The van der Waals surface area contributed by atoms with Crippen molar-refractivity contribution in [3.8, 4) is 0 Å². The zero-order valence-electron chi connectivity index (χ0n) is 7.41. The van der Waals surface area contributed by atoms with E-state index in [2.05, 4.69) is 11.9 Å². The number of nitrogens with zero attached hydrogens (tertiary/aromatic N) is 1. The molecule has 0 spiro atoms. The quantitative estimate of drug-likeness (QED) is 0.268. The van der Waals surface area contributed by atoms with E-state index < -0.39 is 7.25 Å². The van der Waals surface area contributed by atoms with E-state index in [1.165, 1.54) is 11.4 Å². The molecule has 0 bridgehead atoms. The van der Waals surface area contributed by atoms with Gasteiger partial charge in [0.1, 0.15) is 0 Å². The third-order valence-corrected chi connectivity index (χ3v) is 2.36. The summed E-state index contributed by atoms with van der Waals surface area (Å²) in [6, 6.07) is 0. The number of likely N-dealkylation sites (N-methyl/N-ethyl adjacent to an activating group) is 2. The summed E-state index contributed by atoms with van der Waals surface area (Å²) in [4.78, 5) is 3.55. The summed E-state index contributed by atoms with van der Waals surface area (Å²) in [7, 11) is -1.84. The highest BCUT2D eigenvalue weighted by Crippen LogP contribution is 2.06. The van der Waals surface area contributed by atoms with Crippen molar-refractivity contribution < 1.29 is 22.2 Å². The van der Waals surface area contributed by atoms with Gasteiger partial charge in [0.25, 0.3) is 0 Å². The maximum absolute atomic E-state index is 9.75. The molecule has 1 aliphatic rings. The predicted molar refractivity (Wildman–Crippen MR) is 44.2 cm³/mol. The van der Waals surface area contributed by atoms with Gasteiger partial charge in [0, 0.05) is 0 Å². The first-order chi connectivity index (χ1) is 5.72. The van der Waals surface area contributed by atoms with Crippen molar-refractivity contribution in [3.63, 3.8) is 0 Å². The van der Waals surface area contributed by atoms with E-state index in [0.717, 1.165) is 6.54 Å². The number of nitrogens with one attached hydrogen (secondary N) is 1. The largest absolute Gasteiger partial charge is 0.673 e. The lowest BCUT2D eigenvalue weighted by Gasteiger charge is -2.12. The molecule has 1 saturated heterocycles. The molecule has 2 atom stereocenters. The molecule has 0 aromatic rings. The summed E-state index contributed by atoms with van der Waals surface area (Å²) < 4.78 is 39.0. The van der Waals surface area contributed by atoms with Crippen LogP contribution < -0.4 is 4.90 Å². The SMILES string of the molecule is CN1CC[NH+](C)C1Cl.F[B-](F)(F)F. The summed E-state index contributed by atoms with van der Waals surface area (Å²) in [5.74, 6) is 0. The average Bonchev–Trinajstić information content (AvgIpc) is 2.16. The number of hydrogen-bond donors (Lipinski definition) is 1. The van der Waals surface area contributed by atoms with E-state index in [1.54, 1.807) is 0 Å². The van der Waals surface area contributed by atoms with Gasteiger partial charge in [-0.2, -0.15) is 0 Å². The van der Waals surface area contributed by atoms with Crippen LogP contribution in [0.4, 0.5) is 17.3 Å². The molecule has 80 valence electrons. The number of alkyl halides is 1. The Morgan fingerprint density at radius 2 is 1.77 bits per heavy atom. The number of halogens is 5. The first-order valence-corrected chi connectivity index (χ1v) is 4.19. The Balaban J connectivity index is 0.000000252. The lowest BCUT2D eigenvalue weighted by Crippen LogP contribution is -3.10. The minimum absolute atomic E-state index is 0.204. The fourth-order valence-corrected chi connectivity index (χ4v) is 1.17. The van der Waals surface area contributed by atoms with Crippen molar-refractivity contribution in [2.24, 2.45) is 0 Å². The highest BCUT2D eigenvalue weighted by Gasteiger charge is 2.27. The van der Waals surface area contributed by atoms with E-state index in [4.69, 9.17) is 11.6 Å². The molecule has 1 N–H and O–H groups in total. The van der Waals surface area contributed by atoms with Gasteiger partial charge in [-0.3, -0.25) is 0 Å². The van der Waals surface area contributed by atoms with Crippen LogP contribution in [0.1, 0.15) is 0 Å². The van der Waals surface area contributed by atoms with Gasteiger partial charge in [-0.1, -0.05) is 0 Å². The lowest BCUT2D eigenvalue weighted by molar-refractivity contribution is -0.883. The Morgan fingerprint density at radius 1 is 1.38 bits per heavy atom. The third-order valence-electron chi connectivity index (χ3n) is 1.65. The third kappa shape index (κ3) is 7.10. The summed E-state index contributed by atoms with van der Waals surface area (Å²) in [6.45, 7) is 2.30. The van der Waals surface area contributed by atoms with Gasteiger partial charge in [-0.15, -0.1) is 0 Å². The van der Waals surface area contributed by atoms with Crippen LogP contribution in [0.15, 0.2) is 0 Å². The summed E-state index contributed by atoms with van der Waals surface area (Å²) in [6.07, 6.45) is 0. The molecular formula is C5H12BClF4N2. The molecule has 1 aliphatic heterocycles. The molecule has 0 saturated carbocycles. The molecule has 1 rings (SSSR count). The highest BCUT2D eigenvalue weighted by molar-refractivity contribution is 6.50. The highest BCUT2D eigenvalue weighted by atomic mass is 35.5. The molecule has 1 fully saturated rings. The minimum atomic E-state index is -6.00. The van der Waals surface area contributed by atoms with Gasteiger partial charge in [0.15, 0.2) is 0 Å². The molecule has 13 heavy (non-hydrogen) atoms. The van der Waals surface area contributed by atoms with Crippen LogP contribution in [-0.4, -0.2) is 45.0 Å². The fraction of sp³-hybridized carbons (Fsp3) is 1.00. The summed E-state index contributed by atoms with van der Waals surface area (Å²) >= 11 is 5.90. The molecule has 0 aromatic carbocycles. The topological polar surface area (TPSA) is 7.68 Å². The second-order valence-electron chi connectivity index (χ2n) is 2.91. The van der Waals surface area contributed by atoms with E-state index in [0.29, 0.717) is 0 Å². The Morgan fingerprint density at radius 3 is 1.85 bits per heavy atom. The second kappa shape index (κ2) is 5.02. The minimum Gasteiger partial charge on any atom is -0.418 e. The Labute approximate surface area is 79.5 Å². The van der Waals surface area contributed by atoms with Crippen molar-refractivity contribution in [1.82, 2.24) is 4.90 Å². The molecule has 0 aliphatic carbocycles. The van der Waals surface area contributed by atoms with Gasteiger partial charge >= 0.3 is 7.25 Å². The number of rotatable bonds is 0. The molecule has 0 aromatic heterocycles. The van der Waals surface area contributed by atoms with Gasteiger partial charge in [0.2, 0.25) is 5.62 Å². The van der Waals surface area contributed by atoms with Crippen molar-refractivity contribution in [1.29, 1.82) is 0 Å². The Bertz CT molecular complexity index is 140. The van der Waals surface area contributed by atoms with Gasteiger partial charge in [-0.05, 0) is 18.6 Å². The van der Waals surface area contributed by atoms with Crippen LogP contribution in [0.5, 0.6) is 0 Å². The number of quaternary nitrogens is 1. The zero-order valence-corrected chi connectivity index (χ0v) is 8.16. The van der Waals surface area contributed by atoms with Crippen LogP contribution in [0.25, 0.3) is 0 Å². The van der Waals surface area contributed by atoms with E-state index in [1.807, 2.05) is 7.05 Å². The molecular weight excluding hydrogens is 210 g/mol. The van der Waals surface area contributed by atoms with Crippen molar-refractivity contribution in [3.05, 3.63) is 0 Å². The fourth-order valence-electron chi connectivity index (χ4n) is 0.961. The van der Waals surface area contributed by atoms with Crippen molar-refractivity contribution >= 4 is 18.9 Å². The average molecular weight is 222 g/mol. The van der Waals surface area contributed by atoms with Gasteiger partial charge in [-0.25, -0.2) is 4.90 Å². The van der Waals surface area contributed by atoms with Crippen LogP contribution in [0.3, 0.4) is 0 Å². The predicted octanol–water partition coefficient (Wildman–Crippen LogP) is 0.269. The van der Waals surface area contributed by atoms with Gasteiger partial charge < -0.3 is 22.2 Å². The maximum atomic E-state index is 9.75. The second-order valence-corrected chi connectivity index (χ2v) is 3.32. The Kier molecular flexibility index (Phi) is 5.02. The van der Waals surface area contributed by atoms with E-state index in [-0.39, 0.29) is 5.62 Å². The van der Waals surface area contributed by atoms with E-state index in [9.17, 15) is 17.3 Å². The van der Waals surface area contributed by atoms with Crippen LogP contribution in [0.2, 0.25) is 0 Å². The standard InChI is InChI=1S/C5H11ClN2.BF4/c1-7-3-4-8(2)5(7)6;2-1(3,4)5/h5H,3-4H2,1-2H3;/q;-1/p+1. The molecule has 8 heteroatoms. The molecule has 1 heterocycles. The maximum Gasteiger partial charge on any atom is 0.673 e. The van der Waals surface area contributed by atoms with Crippen LogP contribution >= 0.6 is 11.6 Å². The monoisotopic (exact) mass is 222 g/mol. The molecule has 2 nitrogen and oxygen atoms in total. The summed E-state index contributed by atoms with van der Waals surface area (Å²) in [5.41, 5.74) is 0.204. The molecule has 0 amide bonds. The van der Waals surface area contributed by atoms with Crippen molar-refractivity contribution in [2.45, 2.75) is 5.62 Å². The number of hydrogen-bond acceptors (Lipinski definition) is 1. The lowest BCUT2D eigenvalue weighted by atomic mass is 10.3. The van der Waals surface area contributed by atoms with Gasteiger partial charge in [0.05, 0.1) is 20.1 Å². The zero-order chi connectivity index (χ0) is 10.6. The molecule has 2 unspecified atom stereocenters. The molecule has 0 radical (unpaired) electrons. The first kappa shape index (κ1) is 13.0.